The van der Waals surface area contributed by atoms with Crippen molar-refractivity contribution in [1.29, 1.82) is 0 Å². The summed E-state index contributed by atoms with van der Waals surface area (Å²) in [5.41, 5.74) is 1.40. The summed E-state index contributed by atoms with van der Waals surface area (Å²) in [5.74, 6) is 0. The van der Waals surface area contributed by atoms with Gasteiger partial charge in [-0.2, -0.15) is 0 Å². The Labute approximate surface area is 77.0 Å². The Morgan fingerprint density at radius 2 is 2.00 bits per heavy atom. The Bertz CT molecular complexity index is 305. The molecule has 0 heterocycles. The molecule has 0 saturated heterocycles. The van der Waals surface area contributed by atoms with E-state index in [2.05, 4.69) is 5.16 Å². The fourth-order valence-electron chi connectivity index (χ4n) is 0.821. The molecule has 0 radical (unpaired) electrons. The summed E-state index contributed by atoms with van der Waals surface area (Å²) in [6.07, 6.45) is 0. The van der Waals surface area contributed by atoms with E-state index in [1.54, 1.807) is 31.2 Å². The zero-order valence-electron chi connectivity index (χ0n) is 6.56. The predicted molar refractivity (Wildman–Crippen MR) is 46.5 cm³/mol. The second kappa shape index (κ2) is 4.17. The molecule has 0 atom stereocenters. The van der Waals surface area contributed by atoms with Gasteiger partial charge in [-0.15, -0.1) is 0 Å². The molecule has 0 amide bonds. The van der Waals surface area contributed by atoms with E-state index in [9.17, 15) is 3.74 Å². The van der Waals surface area contributed by atoms with Crippen LogP contribution in [-0.4, -0.2) is 26.6 Å². The van der Waals surface area contributed by atoms with E-state index in [4.69, 9.17) is 5.21 Å². The van der Waals surface area contributed by atoms with Gasteiger partial charge in [0, 0.05) is 0 Å². The quantitative estimate of drug-likeness (QED) is 0.346. The minimum absolute atomic E-state index is 0.559. The van der Waals surface area contributed by atoms with Crippen molar-refractivity contribution in [2.45, 2.75) is 6.92 Å². The molecule has 12 heavy (non-hydrogen) atoms. The van der Waals surface area contributed by atoms with Crippen molar-refractivity contribution in [2.75, 3.05) is 0 Å². The molecule has 0 aliphatic heterocycles. The van der Waals surface area contributed by atoms with E-state index in [0.29, 0.717) is 5.71 Å². The fraction of sp³-hybridized carbons (Fsp3) is 0.125. The first-order valence-corrected chi connectivity index (χ1v) is 5.11. The third kappa shape index (κ3) is 2.02. The maximum atomic E-state index is 10.5. The van der Waals surface area contributed by atoms with Crippen LogP contribution in [-0.2, 0) is 3.74 Å². The van der Waals surface area contributed by atoms with Gasteiger partial charge in [-0.3, -0.25) is 0 Å². The van der Waals surface area contributed by atoms with Crippen LogP contribution >= 0.6 is 0 Å². The summed E-state index contributed by atoms with van der Waals surface area (Å²) in [6, 6.07) is 7.13. The molecule has 0 aromatic heterocycles. The second-order valence-corrected chi connectivity index (χ2v) is 3.79. The van der Waals surface area contributed by atoms with Crippen molar-refractivity contribution < 1.29 is 8.95 Å². The normalized spacial score (nSPS) is 11.9. The topological polar surface area (TPSA) is 49.7 Å². The summed E-state index contributed by atoms with van der Waals surface area (Å²) < 4.78 is 11.3. The number of rotatable bonds is 2. The Morgan fingerprint density at radius 3 is 2.42 bits per heavy atom. The summed E-state index contributed by atoms with van der Waals surface area (Å²) in [5, 5.41) is 11.5. The summed E-state index contributed by atoms with van der Waals surface area (Å²) in [4.78, 5) is 0. The van der Waals surface area contributed by atoms with Crippen LogP contribution in [0.25, 0.3) is 0 Å². The van der Waals surface area contributed by atoms with Gasteiger partial charge < -0.3 is 0 Å². The van der Waals surface area contributed by atoms with Crippen molar-refractivity contribution in [3.8, 4) is 0 Å². The Kier molecular flexibility index (Phi) is 3.17. The molecule has 1 rings (SSSR count). The molecule has 0 bridgehead atoms. The third-order valence-corrected chi connectivity index (χ3v) is 2.61. The fourth-order valence-corrected chi connectivity index (χ4v) is 1.39. The molecule has 4 heteroatoms. The van der Waals surface area contributed by atoms with E-state index >= 15 is 0 Å². The Morgan fingerprint density at radius 1 is 1.42 bits per heavy atom. The average molecular weight is 225 g/mol. The zero-order chi connectivity index (χ0) is 8.97. The molecule has 1 aromatic carbocycles. The molecule has 0 fully saturated rings. The molecule has 1 N–H and O–H groups in total. The van der Waals surface area contributed by atoms with Gasteiger partial charge in [0.15, 0.2) is 0 Å². The Hall–Kier alpha value is -0.952. The predicted octanol–water partition coefficient (Wildman–Crippen LogP) is 0.560. The van der Waals surface area contributed by atoms with Crippen LogP contribution in [0.4, 0.5) is 0 Å². The summed E-state index contributed by atoms with van der Waals surface area (Å²) in [7, 11) is 0. The van der Waals surface area contributed by atoms with Crippen LogP contribution in [0.5, 0.6) is 0 Å². The van der Waals surface area contributed by atoms with Gasteiger partial charge in [0.1, 0.15) is 0 Å². The van der Waals surface area contributed by atoms with Crippen molar-refractivity contribution >= 4 is 25.8 Å². The zero-order valence-corrected chi connectivity index (χ0v) is 8.44. The van der Waals surface area contributed by atoms with E-state index < -0.39 is 15.7 Å². The summed E-state index contributed by atoms with van der Waals surface area (Å²) >= 11 is -0.952. The van der Waals surface area contributed by atoms with E-state index in [0.717, 1.165) is 9.91 Å². The molecular formula is C8H8AsNO2. The van der Waals surface area contributed by atoms with E-state index in [-0.39, 0.29) is 0 Å². The number of oxime groups is 1. The number of hydrogen-bond donors (Lipinski definition) is 1. The van der Waals surface area contributed by atoms with Crippen molar-refractivity contribution in [3.05, 3.63) is 29.8 Å². The summed E-state index contributed by atoms with van der Waals surface area (Å²) in [6.45, 7) is 1.71. The van der Waals surface area contributed by atoms with Crippen LogP contribution in [0.2, 0.25) is 0 Å². The molecule has 62 valence electrons. The van der Waals surface area contributed by atoms with Crippen LogP contribution in [0.3, 0.4) is 0 Å². The van der Waals surface area contributed by atoms with Gasteiger partial charge in [-0.25, -0.2) is 0 Å². The number of hydrogen-bond acceptors (Lipinski definition) is 3. The van der Waals surface area contributed by atoms with E-state index in [1.165, 1.54) is 0 Å². The molecule has 0 unspecified atom stereocenters. The minimum atomic E-state index is -0.952. The second-order valence-electron chi connectivity index (χ2n) is 2.32. The SMILES string of the molecule is C/C(=N/O)c1ccc([As]=O)cc1. The first kappa shape index (κ1) is 9.14. The van der Waals surface area contributed by atoms with Gasteiger partial charge >= 0.3 is 76.6 Å². The van der Waals surface area contributed by atoms with Gasteiger partial charge in [0.05, 0.1) is 0 Å². The average Bonchev–Trinajstić information content (AvgIpc) is 2.17. The van der Waals surface area contributed by atoms with Crippen molar-refractivity contribution in [2.24, 2.45) is 5.16 Å². The number of benzene rings is 1. The molecule has 3 nitrogen and oxygen atoms in total. The standard InChI is InChI=1S/C8H8AsNO2/c1-6(10-12)7-2-4-8(9-11)5-3-7/h2-5,12H,1H3/b10-6-. The van der Waals surface area contributed by atoms with Gasteiger partial charge in [-0.05, 0) is 0 Å². The van der Waals surface area contributed by atoms with Crippen LogP contribution < -0.4 is 4.35 Å². The number of nitrogens with zero attached hydrogens (tertiary/aromatic N) is 1. The Balaban J connectivity index is 2.99. The van der Waals surface area contributed by atoms with Crippen LogP contribution in [0.15, 0.2) is 29.4 Å². The van der Waals surface area contributed by atoms with Gasteiger partial charge in [0.2, 0.25) is 0 Å². The monoisotopic (exact) mass is 225 g/mol. The molecular weight excluding hydrogens is 217 g/mol. The van der Waals surface area contributed by atoms with Crippen LogP contribution in [0, 0.1) is 0 Å². The van der Waals surface area contributed by atoms with Crippen molar-refractivity contribution in [3.63, 3.8) is 0 Å². The van der Waals surface area contributed by atoms with Crippen LogP contribution in [0.1, 0.15) is 12.5 Å². The van der Waals surface area contributed by atoms with E-state index in [1.807, 2.05) is 0 Å². The van der Waals surface area contributed by atoms with Gasteiger partial charge in [-0.1, -0.05) is 0 Å². The van der Waals surface area contributed by atoms with Gasteiger partial charge in [0.25, 0.3) is 0 Å². The first-order valence-electron chi connectivity index (χ1n) is 3.40. The first-order chi connectivity index (χ1) is 5.77. The molecule has 0 aliphatic rings. The maximum absolute atomic E-state index is 10.5. The molecule has 0 saturated carbocycles. The van der Waals surface area contributed by atoms with Crippen molar-refractivity contribution in [1.82, 2.24) is 0 Å². The third-order valence-electron chi connectivity index (χ3n) is 1.54. The molecule has 0 spiro atoms. The molecule has 0 aliphatic carbocycles. The molecule has 1 aromatic rings.